The molecule has 0 aliphatic rings. The topological polar surface area (TPSA) is 91.9 Å². The van der Waals surface area contributed by atoms with E-state index < -0.39 is 5.91 Å². The molecule has 0 aliphatic carbocycles. The highest BCUT2D eigenvalue weighted by Gasteiger charge is 2.07. The molecule has 0 aliphatic heterocycles. The summed E-state index contributed by atoms with van der Waals surface area (Å²) in [4.78, 5) is 24.2. The number of carbonyl (C=O) groups is 1. The van der Waals surface area contributed by atoms with Crippen molar-refractivity contribution < 1.29 is 14.3 Å². The maximum atomic E-state index is 12.3. The number of benzene rings is 2. The molecule has 6 nitrogen and oxygen atoms in total. The second kappa shape index (κ2) is 6.55. The Morgan fingerprint density at radius 2 is 1.96 bits per heavy atom. The number of halogens is 1. The minimum Gasteiger partial charge on any atom is -0.508 e. The number of amides is 1. The molecule has 0 fully saturated rings. The molecule has 0 saturated carbocycles. The van der Waals surface area contributed by atoms with E-state index in [9.17, 15) is 14.7 Å². The normalized spacial score (nSPS) is 11.0. The summed E-state index contributed by atoms with van der Waals surface area (Å²) in [5.41, 5.74) is 2.90. The molecule has 3 rings (SSSR count). The van der Waals surface area contributed by atoms with Crippen molar-refractivity contribution in [2.45, 2.75) is 0 Å². The summed E-state index contributed by atoms with van der Waals surface area (Å²) < 4.78 is 5.34. The quantitative estimate of drug-likeness (QED) is 0.565. The molecule has 2 aromatic carbocycles. The lowest BCUT2D eigenvalue weighted by molar-refractivity contribution is 0.0955. The number of carbonyl (C=O) groups excluding carboxylic acids is 1. The third kappa shape index (κ3) is 3.28. The first-order chi connectivity index (χ1) is 11.5. The second-order valence-corrected chi connectivity index (χ2v) is 5.34. The Bertz CT molecular complexity index is 994. The minimum atomic E-state index is -0.473. The molecule has 7 heteroatoms. The van der Waals surface area contributed by atoms with E-state index >= 15 is 0 Å². The van der Waals surface area contributed by atoms with Gasteiger partial charge in [0.05, 0.1) is 17.2 Å². The van der Waals surface area contributed by atoms with Crippen LogP contribution in [-0.4, -0.2) is 17.2 Å². The van der Waals surface area contributed by atoms with Crippen LogP contribution >= 0.6 is 11.6 Å². The van der Waals surface area contributed by atoms with Gasteiger partial charge in [0.1, 0.15) is 17.6 Å². The van der Waals surface area contributed by atoms with Crippen molar-refractivity contribution in [2.75, 3.05) is 0 Å². The number of nitrogens with one attached hydrogen (secondary N) is 1. The fraction of sp³-hybridized carbons (Fsp3) is 0. The highest BCUT2D eigenvalue weighted by atomic mass is 35.5. The first-order valence-electron chi connectivity index (χ1n) is 6.88. The summed E-state index contributed by atoms with van der Waals surface area (Å²) in [6.45, 7) is 0. The van der Waals surface area contributed by atoms with Crippen molar-refractivity contribution >= 4 is 34.7 Å². The van der Waals surface area contributed by atoms with Gasteiger partial charge in [-0.25, -0.2) is 5.43 Å². The van der Waals surface area contributed by atoms with E-state index in [1.807, 2.05) is 0 Å². The monoisotopic (exact) mass is 342 g/mol. The van der Waals surface area contributed by atoms with E-state index in [2.05, 4.69) is 10.5 Å². The van der Waals surface area contributed by atoms with Crippen molar-refractivity contribution in [1.82, 2.24) is 5.43 Å². The van der Waals surface area contributed by atoms with Gasteiger partial charge in [-0.3, -0.25) is 9.59 Å². The van der Waals surface area contributed by atoms with Gasteiger partial charge in [-0.2, -0.15) is 5.10 Å². The molecule has 1 heterocycles. The molecule has 1 aromatic heterocycles. The average molecular weight is 343 g/mol. The lowest BCUT2D eigenvalue weighted by atomic mass is 10.2. The van der Waals surface area contributed by atoms with Gasteiger partial charge in [0, 0.05) is 10.6 Å². The van der Waals surface area contributed by atoms with Crippen LogP contribution in [0.15, 0.2) is 63.0 Å². The predicted molar refractivity (Wildman–Crippen MR) is 90.7 cm³/mol. The molecule has 0 atom stereocenters. The summed E-state index contributed by atoms with van der Waals surface area (Å²) in [6.07, 6.45) is 2.46. The number of aromatic hydroxyl groups is 1. The fourth-order valence-corrected chi connectivity index (χ4v) is 2.22. The lowest BCUT2D eigenvalue weighted by Gasteiger charge is -2.00. The largest absolute Gasteiger partial charge is 0.508 e. The van der Waals surface area contributed by atoms with Crippen LogP contribution < -0.4 is 10.9 Å². The van der Waals surface area contributed by atoms with Crippen LogP contribution in [0.3, 0.4) is 0 Å². The summed E-state index contributed by atoms with van der Waals surface area (Å²) in [7, 11) is 0. The van der Waals surface area contributed by atoms with Gasteiger partial charge in [-0.15, -0.1) is 0 Å². The van der Waals surface area contributed by atoms with Crippen LogP contribution in [0.5, 0.6) is 5.75 Å². The van der Waals surface area contributed by atoms with E-state index in [0.29, 0.717) is 21.6 Å². The van der Waals surface area contributed by atoms with E-state index in [4.69, 9.17) is 16.0 Å². The number of phenolic OH excluding ortho intramolecular Hbond substituents is 1. The average Bonchev–Trinajstić information content (AvgIpc) is 2.58. The zero-order chi connectivity index (χ0) is 17.1. The molecule has 0 spiro atoms. The van der Waals surface area contributed by atoms with Crippen LogP contribution in [0, 0.1) is 0 Å². The van der Waals surface area contributed by atoms with Crippen LogP contribution in [0.25, 0.3) is 11.0 Å². The number of rotatable bonds is 3. The van der Waals surface area contributed by atoms with Gasteiger partial charge in [-0.05, 0) is 42.5 Å². The van der Waals surface area contributed by atoms with E-state index in [0.717, 1.165) is 0 Å². The molecule has 0 radical (unpaired) electrons. The Balaban J connectivity index is 1.80. The third-order valence-corrected chi connectivity index (χ3v) is 3.50. The highest BCUT2D eigenvalue weighted by Crippen LogP contribution is 2.16. The SMILES string of the molecule is O=C(NN=Cc1coc2ccc(Cl)cc2c1=O)c1ccc(O)cc1. The Morgan fingerprint density at radius 1 is 1.21 bits per heavy atom. The molecule has 0 bridgehead atoms. The number of phenols is 1. The molecule has 120 valence electrons. The Hall–Kier alpha value is -3.12. The summed E-state index contributed by atoms with van der Waals surface area (Å²) in [5.74, 6) is -0.415. The number of fused-ring (bicyclic) bond motifs is 1. The Kier molecular flexibility index (Phi) is 4.31. The summed E-state index contributed by atoms with van der Waals surface area (Å²) in [6, 6.07) is 10.4. The van der Waals surface area contributed by atoms with Gasteiger partial charge in [0.2, 0.25) is 5.43 Å². The van der Waals surface area contributed by atoms with Crippen LogP contribution in [-0.2, 0) is 0 Å². The summed E-state index contributed by atoms with van der Waals surface area (Å²) >= 11 is 5.88. The maximum Gasteiger partial charge on any atom is 0.271 e. The minimum absolute atomic E-state index is 0.0579. The second-order valence-electron chi connectivity index (χ2n) is 4.91. The van der Waals surface area contributed by atoms with Crippen molar-refractivity contribution in [3.05, 3.63) is 75.1 Å². The smallest absolute Gasteiger partial charge is 0.271 e. The molecular weight excluding hydrogens is 332 g/mol. The van der Waals surface area contributed by atoms with Crippen LogP contribution in [0.2, 0.25) is 5.02 Å². The molecule has 24 heavy (non-hydrogen) atoms. The number of hydrogen-bond donors (Lipinski definition) is 2. The van der Waals surface area contributed by atoms with Gasteiger partial charge >= 0.3 is 0 Å². The van der Waals surface area contributed by atoms with Crippen molar-refractivity contribution in [3.8, 4) is 5.75 Å². The zero-order valence-corrected chi connectivity index (χ0v) is 12.9. The van der Waals surface area contributed by atoms with E-state index in [1.54, 1.807) is 12.1 Å². The van der Waals surface area contributed by atoms with E-state index in [1.165, 1.54) is 42.8 Å². The first-order valence-corrected chi connectivity index (χ1v) is 7.26. The van der Waals surface area contributed by atoms with Crippen molar-refractivity contribution in [1.29, 1.82) is 0 Å². The number of nitrogens with zero attached hydrogens (tertiary/aromatic N) is 1. The fourth-order valence-electron chi connectivity index (χ4n) is 2.05. The number of hydrazone groups is 1. The van der Waals surface area contributed by atoms with Crippen LogP contribution in [0.1, 0.15) is 15.9 Å². The highest BCUT2D eigenvalue weighted by molar-refractivity contribution is 6.31. The molecule has 2 N–H and O–H groups in total. The third-order valence-electron chi connectivity index (χ3n) is 3.26. The first kappa shape index (κ1) is 15.8. The molecular formula is C17H11ClN2O4. The zero-order valence-electron chi connectivity index (χ0n) is 12.2. The van der Waals surface area contributed by atoms with Crippen LogP contribution in [0.4, 0.5) is 0 Å². The van der Waals surface area contributed by atoms with Gasteiger partial charge in [0.25, 0.3) is 5.91 Å². The molecule has 0 unspecified atom stereocenters. The molecule has 3 aromatic rings. The predicted octanol–water partition coefficient (Wildman–Crippen LogP) is 2.92. The molecule has 1 amide bonds. The van der Waals surface area contributed by atoms with Gasteiger partial charge in [-0.1, -0.05) is 11.6 Å². The van der Waals surface area contributed by atoms with E-state index in [-0.39, 0.29) is 16.7 Å². The molecule has 0 saturated heterocycles. The maximum absolute atomic E-state index is 12.3. The Labute approximate surface area is 141 Å². The number of hydrogen-bond acceptors (Lipinski definition) is 5. The van der Waals surface area contributed by atoms with Crippen molar-refractivity contribution in [3.63, 3.8) is 0 Å². The lowest BCUT2D eigenvalue weighted by Crippen LogP contribution is -2.18. The van der Waals surface area contributed by atoms with Gasteiger partial charge in [0.15, 0.2) is 0 Å². The Morgan fingerprint density at radius 3 is 2.71 bits per heavy atom. The standard InChI is InChI=1S/C17H11ClN2O4/c18-12-3-6-15-14(7-12)16(22)11(9-24-15)8-19-20-17(23)10-1-4-13(21)5-2-10/h1-9,21H,(H,20,23). The summed E-state index contributed by atoms with van der Waals surface area (Å²) in [5, 5.41) is 13.7. The van der Waals surface area contributed by atoms with Crippen molar-refractivity contribution in [2.24, 2.45) is 5.10 Å². The van der Waals surface area contributed by atoms with Gasteiger partial charge < -0.3 is 9.52 Å².